The maximum absolute atomic E-state index is 6.40. The van der Waals surface area contributed by atoms with Crippen molar-refractivity contribution in [2.24, 2.45) is 0 Å². The Hall–Kier alpha value is -2.30. The lowest BCUT2D eigenvalue weighted by molar-refractivity contribution is 0.737. The van der Waals surface area contributed by atoms with Gasteiger partial charge in [0.1, 0.15) is 5.65 Å². The summed E-state index contributed by atoms with van der Waals surface area (Å²) in [6, 6.07) is 8.44. The van der Waals surface area contributed by atoms with Crippen molar-refractivity contribution in [2.75, 3.05) is 18.4 Å². The first-order valence-corrected chi connectivity index (χ1v) is 9.47. The van der Waals surface area contributed by atoms with Gasteiger partial charge in [0.15, 0.2) is 0 Å². The monoisotopic (exact) mass is 366 g/mol. The molecule has 5 heteroatoms. The summed E-state index contributed by atoms with van der Waals surface area (Å²) in [5, 5.41) is 8.87. The lowest BCUT2D eigenvalue weighted by Crippen LogP contribution is -2.20. The van der Waals surface area contributed by atoms with Gasteiger partial charge in [-0.25, -0.2) is 4.98 Å². The number of nitrogens with zero attached hydrogens (tertiary/aromatic N) is 1. The van der Waals surface area contributed by atoms with Crippen molar-refractivity contribution in [3.63, 3.8) is 0 Å². The minimum Gasteiger partial charge on any atom is -0.355 e. The van der Waals surface area contributed by atoms with Crippen LogP contribution in [0.3, 0.4) is 0 Å². The number of aryl methyl sites for hydroxylation is 2. The molecule has 3 N–H and O–H groups in total. The second-order valence-electron chi connectivity index (χ2n) is 6.73. The number of hydrogen-bond acceptors (Lipinski definition) is 3. The maximum atomic E-state index is 6.40. The average molecular weight is 367 g/mol. The van der Waals surface area contributed by atoms with Gasteiger partial charge in [-0.1, -0.05) is 24.6 Å². The number of rotatable bonds is 4. The highest BCUT2D eigenvalue weighted by molar-refractivity contribution is 6.32. The lowest BCUT2D eigenvalue weighted by atomic mass is 10.1. The summed E-state index contributed by atoms with van der Waals surface area (Å²) < 4.78 is 0. The Kier molecular flexibility index (Phi) is 4.70. The number of pyridine rings is 1. The van der Waals surface area contributed by atoms with Gasteiger partial charge in [0.2, 0.25) is 0 Å². The third-order valence-electron chi connectivity index (χ3n) is 4.93. The Morgan fingerprint density at radius 3 is 2.92 bits per heavy atom. The standard InChI is InChI=1S/C21H23ClN4/c1-3-14-11-16(10-13(2)20(14)22)25-18-6-9-24-21-17(18)12-19(26-21)15-4-7-23-8-5-15/h4,6,9-12,23H,3,5,7-8H2,1-2H3,(H2,24,25,26). The molecule has 0 aliphatic carbocycles. The van der Waals surface area contributed by atoms with E-state index in [1.807, 2.05) is 19.2 Å². The van der Waals surface area contributed by atoms with E-state index >= 15 is 0 Å². The van der Waals surface area contributed by atoms with Gasteiger partial charge < -0.3 is 15.6 Å². The topological polar surface area (TPSA) is 52.7 Å². The quantitative estimate of drug-likeness (QED) is 0.594. The molecule has 26 heavy (non-hydrogen) atoms. The highest BCUT2D eigenvalue weighted by Gasteiger charge is 2.12. The van der Waals surface area contributed by atoms with Crippen molar-refractivity contribution in [1.29, 1.82) is 0 Å². The molecule has 4 nitrogen and oxygen atoms in total. The van der Waals surface area contributed by atoms with Gasteiger partial charge in [-0.05, 0) is 67.3 Å². The fourth-order valence-electron chi connectivity index (χ4n) is 3.50. The van der Waals surface area contributed by atoms with Crippen molar-refractivity contribution >= 4 is 39.6 Å². The van der Waals surface area contributed by atoms with Gasteiger partial charge in [0.05, 0.1) is 5.69 Å². The van der Waals surface area contributed by atoms with Gasteiger partial charge in [0, 0.05) is 34.5 Å². The SMILES string of the molecule is CCc1cc(Nc2ccnc3[nH]c(C4=CCNCC4)cc23)cc(C)c1Cl. The van der Waals surface area contributed by atoms with Crippen LogP contribution in [-0.4, -0.2) is 23.1 Å². The molecule has 1 aliphatic heterocycles. The molecule has 0 fully saturated rings. The summed E-state index contributed by atoms with van der Waals surface area (Å²) in [5.74, 6) is 0. The number of fused-ring (bicyclic) bond motifs is 1. The Bertz CT molecular complexity index is 987. The Labute approximate surface area is 158 Å². The van der Waals surface area contributed by atoms with Crippen LogP contribution in [0.5, 0.6) is 0 Å². The van der Waals surface area contributed by atoms with E-state index in [1.165, 1.54) is 5.57 Å². The van der Waals surface area contributed by atoms with Crippen LogP contribution in [0.25, 0.3) is 16.6 Å². The second-order valence-corrected chi connectivity index (χ2v) is 7.11. The number of anilines is 2. The van der Waals surface area contributed by atoms with Crippen LogP contribution in [0.15, 0.2) is 36.5 Å². The largest absolute Gasteiger partial charge is 0.355 e. The number of hydrogen-bond donors (Lipinski definition) is 3. The van der Waals surface area contributed by atoms with E-state index in [0.717, 1.165) is 70.2 Å². The van der Waals surface area contributed by atoms with E-state index in [9.17, 15) is 0 Å². The maximum Gasteiger partial charge on any atom is 0.139 e. The molecule has 0 bridgehead atoms. The van der Waals surface area contributed by atoms with Crippen molar-refractivity contribution in [1.82, 2.24) is 15.3 Å². The van der Waals surface area contributed by atoms with E-state index < -0.39 is 0 Å². The van der Waals surface area contributed by atoms with Gasteiger partial charge in [0.25, 0.3) is 0 Å². The number of aromatic amines is 1. The fraction of sp³-hybridized carbons (Fsp3) is 0.286. The first kappa shape index (κ1) is 17.1. The van der Waals surface area contributed by atoms with Crippen molar-refractivity contribution in [2.45, 2.75) is 26.7 Å². The van der Waals surface area contributed by atoms with Gasteiger partial charge in [-0.2, -0.15) is 0 Å². The first-order valence-electron chi connectivity index (χ1n) is 9.09. The molecule has 0 radical (unpaired) electrons. The van der Waals surface area contributed by atoms with E-state index in [2.05, 4.69) is 51.8 Å². The molecule has 4 rings (SSSR count). The van der Waals surface area contributed by atoms with Crippen molar-refractivity contribution < 1.29 is 0 Å². The van der Waals surface area contributed by atoms with Crippen LogP contribution >= 0.6 is 11.6 Å². The first-order chi connectivity index (χ1) is 12.7. The molecule has 1 aromatic carbocycles. The molecule has 0 spiro atoms. The number of halogens is 1. The summed E-state index contributed by atoms with van der Waals surface area (Å²) in [6.07, 6.45) is 6.03. The Morgan fingerprint density at radius 1 is 1.27 bits per heavy atom. The predicted molar refractivity (Wildman–Crippen MR) is 110 cm³/mol. The smallest absolute Gasteiger partial charge is 0.139 e. The van der Waals surface area contributed by atoms with Crippen LogP contribution in [0.1, 0.15) is 30.2 Å². The molecule has 3 aromatic rings. The molecule has 0 saturated carbocycles. The van der Waals surface area contributed by atoms with E-state index in [4.69, 9.17) is 11.6 Å². The van der Waals surface area contributed by atoms with Gasteiger partial charge >= 0.3 is 0 Å². The predicted octanol–water partition coefficient (Wildman–Crippen LogP) is 5.21. The molecule has 0 unspecified atom stereocenters. The summed E-state index contributed by atoms with van der Waals surface area (Å²) in [4.78, 5) is 7.97. The highest BCUT2D eigenvalue weighted by atomic mass is 35.5. The van der Waals surface area contributed by atoms with Crippen molar-refractivity contribution in [3.05, 3.63) is 58.4 Å². The number of nitrogens with one attached hydrogen (secondary N) is 3. The van der Waals surface area contributed by atoms with Crippen LogP contribution < -0.4 is 10.6 Å². The zero-order chi connectivity index (χ0) is 18.1. The van der Waals surface area contributed by atoms with E-state index in [1.54, 1.807) is 0 Å². The van der Waals surface area contributed by atoms with E-state index in [-0.39, 0.29) is 0 Å². The molecular formula is C21H23ClN4. The lowest BCUT2D eigenvalue weighted by Gasteiger charge is -2.12. The average Bonchev–Trinajstić information content (AvgIpc) is 3.10. The minimum atomic E-state index is 0.861. The van der Waals surface area contributed by atoms with E-state index in [0.29, 0.717) is 0 Å². The fourth-order valence-corrected chi connectivity index (χ4v) is 3.75. The third kappa shape index (κ3) is 3.22. The summed E-state index contributed by atoms with van der Waals surface area (Å²) >= 11 is 6.40. The molecule has 134 valence electrons. The number of aromatic nitrogens is 2. The second kappa shape index (κ2) is 7.14. The molecule has 1 aliphatic rings. The van der Waals surface area contributed by atoms with Crippen LogP contribution in [0.4, 0.5) is 11.4 Å². The Morgan fingerprint density at radius 2 is 2.15 bits per heavy atom. The van der Waals surface area contributed by atoms with Gasteiger partial charge in [-0.15, -0.1) is 0 Å². The molecule has 0 amide bonds. The number of benzene rings is 1. The molecule has 0 atom stereocenters. The summed E-state index contributed by atoms with van der Waals surface area (Å²) in [7, 11) is 0. The molecule has 2 aromatic heterocycles. The molecule has 0 saturated heterocycles. The molecule has 3 heterocycles. The molecular weight excluding hydrogens is 344 g/mol. The zero-order valence-corrected chi connectivity index (χ0v) is 15.9. The minimum absolute atomic E-state index is 0.861. The summed E-state index contributed by atoms with van der Waals surface area (Å²) in [6.45, 7) is 6.11. The van der Waals surface area contributed by atoms with Crippen LogP contribution in [0.2, 0.25) is 5.02 Å². The van der Waals surface area contributed by atoms with Gasteiger partial charge in [-0.3, -0.25) is 0 Å². The van der Waals surface area contributed by atoms with Crippen LogP contribution in [-0.2, 0) is 6.42 Å². The summed E-state index contributed by atoms with van der Waals surface area (Å²) in [5.41, 5.74) is 7.78. The van der Waals surface area contributed by atoms with Crippen molar-refractivity contribution in [3.8, 4) is 0 Å². The van der Waals surface area contributed by atoms with Crippen LogP contribution in [0, 0.1) is 6.92 Å². The Balaban J connectivity index is 1.72. The zero-order valence-electron chi connectivity index (χ0n) is 15.1. The number of H-pyrrole nitrogens is 1. The highest BCUT2D eigenvalue weighted by Crippen LogP contribution is 2.32. The third-order valence-corrected chi connectivity index (χ3v) is 5.47. The normalized spacial score (nSPS) is 14.5.